The highest BCUT2D eigenvalue weighted by Gasteiger charge is 2.20. The number of nitrogens with two attached hydrogens (primary N) is 1. The fraction of sp³-hybridized carbons (Fsp3) is 0.438. The van der Waals surface area contributed by atoms with Gasteiger partial charge < -0.3 is 26.4 Å². The zero-order chi connectivity index (χ0) is 18.3. The van der Waals surface area contributed by atoms with E-state index in [4.69, 9.17) is 10.8 Å². The lowest BCUT2D eigenvalue weighted by Gasteiger charge is -2.22. The Morgan fingerprint density at radius 2 is 2.08 bits per heavy atom. The molecule has 24 heavy (non-hydrogen) atoms. The Hall–Kier alpha value is -2.77. The molecule has 0 saturated carbocycles. The van der Waals surface area contributed by atoms with Gasteiger partial charge in [-0.3, -0.25) is 9.79 Å². The number of hydrogen-bond donors (Lipinski definition) is 4. The van der Waals surface area contributed by atoms with Gasteiger partial charge in [0.15, 0.2) is 5.96 Å². The molecular formula is C16H25N5O3. The number of amides is 2. The van der Waals surface area contributed by atoms with Gasteiger partial charge in [-0.1, -0.05) is 19.4 Å². The van der Waals surface area contributed by atoms with Gasteiger partial charge in [0, 0.05) is 25.5 Å². The molecule has 1 aromatic carbocycles. The van der Waals surface area contributed by atoms with Crippen LogP contribution in [-0.2, 0) is 4.79 Å². The lowest BCUT2D eigenvalue weighted by molar-refractivity contribution is -0.118. The van der Waals surface area contributed by atoms with Crippen molar-refractivity contribution in [2.45, 2.75) is 32.7 Å². The number of guanidine groups is 1. The second-order valence-corrected chi connectivity index (χ2v) is 5.42. The molecule has 0 saturated heterocycles. The summed E-state index contributed by atoms with van der Waals surface area (Å²) in [4.78, 5) is 28.8. The number of nitrogens with one attached hydrogen (secondary N) is 2. The van der Waals surface area contributed by atoms with Crippen molar-refractivity contribution in [1.29, 1.82) is 0 Å². The zero-order valence-corrected chi connectivity index (χ0v) is 14.5. The van der Waals surface area contributed by atoms with Gasteiger partial charge >= 0.3 is 6.09 Å². The van der Waals surface area contributed by atoms with Gasteiger partial charge in [0.25, 0.3) is 0 Å². The number of rotatable bonds is 6. The fourth-order valence-electron chi connectivity index (χ4n) is 2.26. The minimum absolute atomic E-state index is 0.345. The first-order chi connectivity index (χ1) is 11.3. The second-order valence-electron chi connectivity index (χ2n) is 5.42. The Kier molecular flexibility index (Phi) is 7.03. The molecule has 0 heterocycles. The van der Waals surface area contributed by atoms with Gasteiger partial charge in [0.1, 0.15) is 6.04 Å². The van der Waals surface area contributed by atoms with E-state index < -0.39 is 18.0 Å². The number of nitrogens with zero attached hydrogens (tertiary/aromatic N) is 2. The second kappa shape index (κ2) is 8.76. The third kappa shape index (κ3) is 5.15. The van der Waals surface area contributed by atoms with Gasteiger partial charge in [0.2, 0.25) is 5.91 Å². The molecule has 0 aromatic heterocycles. The SMILES string of the molecule is CCC[C@H](NC(=O)O)C(=O)Nc1ccc(C)c(N(C)C(N)=NC)c1. The molecule has 5 N–H and O–H groups in total. The van der Waals surface area contributed by atoms with Gasteiger partial charge in [0.05, 0.1) is 0 Å². The van der Waals surface area contributed by atoms with E-state index in [0.717, 1.165) is 11.3 Å². The predicted octanol–water partition coefficient (Wildman–Crippen LogP) is 1.75. The number of carboxylic acid groups (broad SMARTS) is 1. The highest BCUT2D eigenvalue weighted by Crippen LogP contribution is 2.23. The largest absolute Gasteiger partial charge is 0.465 e. The van der Waals surface area contributed by atoms with Gasteiger partial charge in [-0.15, -0.1) is 0 Å². The van der Waals surface area contributed by atoms with Crippen LogP contribution >= 0.6 is 0 Å². The summed E-state index contributed by atoms with van der Waals surface area (Å²) in [6, 6.07) is 4.59. The van der Waals surface area contributed by atoms with Gasteiger partial charge in [-0.25, -0.2) is 4.79 Å². The van der Waals surface area contributed by atoms with Crippen molar-refractivity contribution in [3.05, 3.63) is 23.8 Å². The minimum atomic E-state index is -1.22. The molecule has 132 valence electrons. The Labute approximate surface area is 141 Å². The number of aryl methyl sites for hydroxylation is 1. The highest BCUT2D eigenvalue weighted by molar-refractivity contribution is 5.99. The van der Waals surface area contributed by atoms with Crippen LogP contribution in [0.3, 0.4) is 0 Å². The summed E-state index contributed by atoms with van der Waals surface area (Å²) in [5.41, 5.74) is 8.15. The molecule has 0 aliphatic rings. The molecule has 0 radical (unpaired) electrons. The monoisotopic (exact) mass is 335 g/mol. The molecule has 0 fully saturated rings. The first-order valence-electron chi connectivity index (χ1n) is 7.67. The maximum absolute atomic E-state index is 12.3. The molecule has 0 unspecified atom stereocenters. The molecular weight excluding hydrogens is 310 g/mol. The van der Waals surface area contributed by atoms with Crippen molar-refractivity contribution in [3.8, 4) is 0 Å². The maximum atomic E-state index is 12.3. The Morgan fingerprint density at radius 1 is 1.42 bits per heavy atom. The van der Waals surface area contributed by atoms with E-state index >= 15 is 0 Å². The van der Waals surface area contributed by atoms with Crippen molar-refractivity contribution in [1.82, 2.24) is 5.32 Å². The molecule has 8 nitrogen and oxygen atoms in total. The van der Waals surface area contributed by atoms with E-state index in [9.17, 15) is 9.59 Å². The molecule has 0 aliphatic carbocycles. The van der Waals surface area contributed by atoms with Gasteiger partial charge in [-0.05, 0) is 31.0 Å². The van der Waals surface area contributed by atoms with Crippen molar-refractivity contribution < 1.29 is 14.7 Å². The lowest BCUT2D eigenvalue weighted by atomic mass is 10.1. The molecule has 1 aromatic rings. The molecule has 0 bridgehead atoms. The first kappa shape index (κ1) is 19.3. The number of anilines is 2. The Morgan fingerprint density at radius 3 is 2.62 bits per heavy atom. The van der Waals surface area contributed by atoms with Gasteiger partial charge in [-0.2, -0.15) is 0 Å². The molecule has 8 heteroatoms. The predicted molar refractivity (Wildman–Crippen MR) is 95.6 cm³/mol. The molecule has 0 spiro atoms. The minimum Gasteiger partial charge on any atom is -0.465 e. The van der Waals surface area contributed by atoms with E-state index in [-0.39, 0.29) is 0 Å². The normalized spacial score (nSPS) is 12.4. The first-order valence-corrected chi connectivity index (χ1v) is 7.67. The van der Waals surface area contributed by atoms with Crippen molar-refractivity contribution in [2.75, 3.05) is 24.3 Å². The molecule has 0 aliphatic heterocycles. The van der Waals surface area contributed by atoms with Crippen LogP contribution in [0, 0.1) is 6.92 Å². The third-order valence-electron chi connectivity index (χ3n) is 3.60. The van der Waals surface area contributed by atoms with Crippen molar-refractivity contribution in [2.24, 2.45) is 10.7 Å². The van der Waals surface area contributed by atoms with E-state index in [1.54, 1.807) is 31.1 Å². The Balaban J connectivity index is 2.98. The van der Waals surface area contributed by atoms with Crippen LogP contribution in [0.2, 0.25) is 0 Å². The van der Waals surface area contributed by atoms with Crippen LogP contribution in [0.25, 0.3) is 0 Å². The fourth-order valence-corrected chi connectivity index (χ4v) is 2.26. The summed E-state index contributed by atoms with van der Waals surface area (Å²) in [7, 11) is 3.38. The lowest BCUT2D eigenvalue weighted by Crippen LogP contribution is -2.43. The number of benzene rings is 1. The van der Waals surface area contributed by atoms with Crippen LogP contribution in [-0.4, -0.2) is 43.2 Å². The highest BCUT2D eigenvalue weighted by atomic mass is 16.4. The Bertz CT molecular complexity index is 630. The summed E-state index contributed by atoms with van der Waals surface area (Å²) in [5.74, 6) is -0.0492. The summed E-state index contributed by atoms with van der Waals surface area (Å²) < 4.78 is 0. The van der Waals surface area contributed by atoms with Crippen LogP contribution in [0.15, 0.2) is 23.2 Å². The van der Waals surface area contributed by atoms with E-state index in [1.165, 1.54) is 0 Å². The number of carbonyl (C=O) groups is 2. The maximum Gasteiger partial charge on any atom is 0.405 e. The average Bonchev–Trinajstić information content (AvgIpc) is 2.54. The zero-order valence-electron chi connectivity index (χ0n) is 14.5. The quantitative estimate of drug-likeness (QED) is 0.466. The average molecular weight is 335 g/mol. The summed E-state index contributed by atoms with van der Waals surface area (Å²) in [6.07, 6.45) is -0.115. The van der Waals surface area contributed by atoms with Crippen LogP contribution in [0.5, 0.6) is 0 Å². The smallest absolute Gasteiger partial charge is 0.405 e. The number of aliphatic imine (C=N–C) groups is 1. The number of carbonyl (C=O) groups excluding carboxylic acids is 1. The van der Waals surface area contributed by atoms with E-state index in [2.05, 4.69) is 15.6 Å². The van der Waals surface area contributed by atoms with E-state index in [1.807, 2.05) is 19.9 Å². The standard InChI is InChI=1S/C16H25N5O3/c1-5-6-12(20-16(23)24)14(22)19-11-8-7-10(2)13(9-11)21(4)15(17)18-3/h7-9,12,20H,5-6H2,1-4H3,(H2,17,18)(H,19,22)(H,23,24)/t12-/m0/s1. The molecule has 1 atom stereocenters. The van der Waals surface area contributed by atoms with Crippen molar-refractivity contribution in [3.63, 3.8) is 0 Å². The third-order valence-corrected chi connectivity index (χ3v) is 3.60. The molecule has 1 rings (SSSR count). The summed E-state index contributed by atoms with van der Waals surface area (Å²) in [6.45, 7) is 3.81. The summed E-state index contributed by atoms with van der Waals surface area (Å²) in [5, 5.41) is 13.8. The topological polar surface area (TPSA) is 120 Å². The van der Waals surface area contributed by atoms with Crippen LogP contribution in [0.4, 0.5) is 16.2 Å². The van der Waals surface area contributed by atoms with Crippen LogP contribution in [0.1, 0.15) is 25.3 Å². The number of hydrogen-bond acceptors (Lipinski definition) is 3. The summed E-state index contributed by atoms with van der Waals surface area (Å²) >= 11 is 0. The molecule has 2 amide bonds. The van der Waals surface area contributed by atoms with E-state index in [0.29, 0.717) is 24.5 Å². The van der Waals surface area contributed by atoms with Crippen molar-refractivity contribution >= 4 is 29.3 Å². The van der Waals surface area contributed by atoms with Crippen LogP contribution < -0.4 is 21.3 Å².